The zero-order valence-electron chi connectivity index (χ0n) is 14.4. The second kappa shape index (κ2) is 12.4. The standard InChI is InChI=1S/C17H36N2O2/c1-4-11-18-16-7-9-17(10-8-16)19(12-14-20-5-2)13-15-21-6-3/h16-18H,4-15H2,1-3H3. The molecule has 21 heavy (non-hydrogen) atoms. The van der Waals surface area contributed by atoms with Crippen LogP contribution in [-0.4, -0.2) is 63.0 Å². The molecule has 0 aromatic rings. The fourth-order valence-electron chi connectivity index (χ4n) is 3.12. The van der Waals surface area contributed by atoms with E-state index in [9.17, 15) is 0 Å². The summed E-state index contributed by atoms with van der Waals surface area (Å²) in [6.45, 7) is 12.9. The lowest BCUT2D eigenvalue weighted by atomic mass is 9.90. The van der Waals surface area contributed by atoms with Gasteiger partial charge in [-0.25, -0.2) is 0 Å². The first-order valence-electron chi connectivity index (χ1n) is 8.94. The molecule has 1 aliphatic carbocycles. The molecule has 1 rings (SSSR count). The zero-order valence-corrected chi connectivity index (χ0v) is 14.4. The maximum absolute atomic E-state index is 5.54. The van der Waals surface area contributed by atoms with Gasteiger partial charge in [0.15, 0.2) is 0 Å². The van der Waals surface area contributed by atoms with Crippen molar-refractivity contribution in [2.24, 2.45) is 0 Å². The summed E-state index contributed by atoms with van der Waals surface area (Å²) in [4.78, 5) is 2.58. The lowest BCUT2D eigenvalue weighted by Crippen LogP contribution is -2.45. The summed E-state index contributed by atoms with van der Waals surface area (Å²) >= 11 is 0. The van der Waals surface area contributed by atoms with Crippen LogP contribution in [0.1, 0.15) is 52.9 Å². The van der Waals surface area contributed by atoms with Gasteiger partial charge in [-0.2, -0.15) is 0 Å². The lowest BCUT2D eigenvalue weighted by Gasteiger charge is -2.37. The molecular formula is C17H36N2O2. The lowest BCUT2D eigenvalue weighted by molar-refractivity contribution is 0.0503. The Kier molecular flexibility index (Phi) is 11.1. The number of hydrogen-bond acceptors (Lipinski definition) is 4. The SMILES string of the molecule is CCCNC1CCC(N(CCOCC)CCOCC)CC1. The van der Waals surface area contributed by atoms with Crippen LogP contribution in [0, 0.1) is 0 Å². The van der Waals surface area contributed by atoms with Crippen molar-refractivity contribution in [3.05, 3.63) is 0 Å². The van der Waals surface area contributed by atoms with E-state index in [0.29, 0.717) is 6.04 Å². The molecule has 4 nitrogen and oxygen atoms in total. The summed E-state index contributed by atoms with van der Waals surface area (Å²) in [6, 6.07) is 1.45. The molecule has 0 bridgehead atoms. The molecule has 0 saturated heterocycles. The minimum absolute atomic E-state index is 0.714. The molecule has 126 valence electrons. The van der Waals surface area contributed by atoms with Crippen LogP contribution in [0.25, 0.3) is 0 Å². The summed E-state index contributed by atoms with van der Waals surface area (Å²) in [5.41, 5.74) is 0. The summed E-state index contributed by atoms with van der Waals surface area (Å²) in [6.07, 6.45) is 6.46. The normalized spacial score (nSPS) is 22.9. The van der Waals surface area contributed by atoms with Crippen LogP contribution in [0.15, 0.2) is 0 Å². The molecule has 0 spiro atoms. The fourth-order valence-corrected chi connectivity index (χ4v) is 3.12. The highest BCUT2D eigenvalue weighted by molar-refractivity contribution is 4.82. The zero-order chi connectivity index (χ0) is 15.3. The number of ether oxygens (including phenoxy) is 2. The molecule has 0 aromatic carbocycles. The van der Waals surface area contributed by atoms with Gasteiger partial charge in [0.25, 0.3) is 0 Å². The molecule has 4 heteroatoms. The van der Waals surface area contributed by atoms with Gasteiger partial charge in [0.1, 0.15) is 0 Å². The number of rotatable bonds is 12. The van der Waals surface area contributed by atoms with Gasteiger partial charge in [-0.1, -0.05) is 6.92 Å². The third-order valence-electron chi connectivity index (χ3n) is 4.35. The van der Waals surface area contributed by atoms with Crippen molar-refractivity contribution in [1.82, 2.24) is 10.2 Å². The predicted octanol–water partition coefficient (Wildman–Crippen LogP) is 2.67. The second-order valence-electron chi connectivity index (χ2n) is 5.89. The van der Waals surface area contributed by atoms with Crippen molar-refractivity contribution in [1.29, 1.82) is 0 Å². The highest BCUT2D eigenvalue weighted by Gasteiger charge is 2.25. The Balaban J connectivity index is 2.32. The Bertz CT molecular complexity index is 221. The minimum Gasteiger partial charge on any atom is -0.380 e. The van der Waals surface area contributed by atoms with E-state index in [0.717, 1.165) is 52.1 Å². The van der Waals surface area contributed by atoms with Crippen LogP contribution in [-0.2, 0) is 9.47 Å². The Hall–Kier alpha value is -0.160. The van der Waals surface area contributed by atoms with E-state index in [1.54, 1.807) is 0 Å². The van der Waals surface area contributed by atoms with E-state index < -0.39 is 0 Å². The van der Waals surface area contributed by atoms with Crippen LogP contribution in [0.5, 0.6) is 0 Å². The summed E-state index contributed by atoms with van der Waals surface area (Å²) in [5.74, 6) is 0. The Labute approximate surface area is 131 Å². The summed E-state index contributed by atoms with van der Waals surface area (Å²) in [7, 11) is 0. The largest absolute Gasteiger partial charge is 0.380 e. The molecule has 1 aliphatic rings. The van der Waals surface area contributed by atoms with Gasteiger partial charge in [0, 0.05) is 38.4 Å². The third-order valence-corrected chi connectivity index (χ3v) is 4.35. The van der Waals surface area contributed by atoms with Gasteiger partial charge in [0.05, 0.1) is 13.2 Å². The highest BCUT2D eigenvalue weighted by Crippen LogP contribution is 2.23. The molecule has 0 aromatic heterocycles. The van der Waals surface area contributed by atoms with Gasteiger partial charge in [0.2, 0.25) is 0 Å². The number of nitrogens with one attached hydrogen (secondary N) is 1. The number of hydrogen-bond donors (Lipinski definition) is 1. The molecule has 0 radical (unpaired) electrons. The Morgan fingerprint density at radius 1 is 0.905 bits per heavy atom. The van der Waals surface area contributed by atoms with Crippen molar-refractivity contribution < 1.29 is 9.47 Å². The fraction of sp³-hybridized carbons (Fsp3) is 1.00. The Morgan fingerprint density at radius 3 is 1.95 bits per heavy atom. The molecular weight excluding hydrogens is 264 g/mol. The van der Waals surface area contributed by atoms with Crippen molar-refractivity contribution in [2.45, 2.75) is 65.0 Å². The average Bonchev–Trinajstić information content (AvgIpc) is 2.52. The van der Waals surface area contributed by atoms with Gasteiger partial charge in [-0.05, 0) is 52.5 Å². The van der Waals surface area contributed by atoms with E-state index in [-0.39, 0.29) is 0 Å². The van der Waals surface area contributed by atoms with Gasteiger partial charge < -0.3 is 14.8 Å². The molecule has 0 atom stereocenters. The summed E-state index contributed by atoms with van der Waals surface area (Å²) in [5, 5.41) is 3.67. The number of nitrogens with zero attached hydrogens (tertiary/aromatic N) is 1. The van der Waals surface area contributed by atoms with Gasteiger partial charge in [-0.15, -0.1) is 0 Å². The average molecular weight is 300 g/mol. The summed E-state index contributed by atoms with van der Waals surface area (Å²) < 4.78 is 11.1. The van der Waals surface area contributed by atoms with E-state index in [4.69, 9.17) is 9.47 Å². The third kappa shape index (κ3) is 8.15. The topological polar surface area (TPSA) is 33.7 Å². The van der Waals surface area contributed by atoms with Crippen LogP contribution in [0.2, 0.25) is 0 Å². The molecule has 0 unspecified atom stereocenters. The quantitative estimate of drug-likeness (QED) is 0.562. The van der Waals surface area contributed by atoms with Crippen LogP contribution in [0.4, 0.5) is 0 Å². The first-order valence-corrected chi connectivity index (χ1v) is 8.94. The molecule has 1 saturated carbocycles. The highest BCUT2D eigenvalue weighted by atomic mass is 16.5. The van der Waals surface area contributed by atoms with E-state index in [2.05, 4.69) is 31.0 Å². The second-order valence-corrected chi connectivity index (χ2v) is 5.89. The van der Waals surface area contributed by atoms with Crippen molar-refractivity contribution in [3.8, 4) is 0 Å². The minimum atomic E-state index is 0.714. The first kappa shape index (κ1) is 18.9. The van der Waals surface area contributed by atoms with E-state index in [1.165, 1.54) is 32.1 Å². The maximum atomic E-state index is 5.54. The van der Waals surface area contributed by atoms with Gasteiger partial charge in [-0.3, -0.25) is 4.90 Å². The van der Waals surface area contributed by atoms with Crippen LogP contribution >= 0.6 is 0 Å². The van der Waals surface area contributed by atoms with Crippen molar-refractivity contribution in [3.63, 3.8) is 0 Å². The van der Waals surface area contributed by atoms with Crippen molar-refractivity contribution >= 4 is 0 Å². The van der Waals surface area contributed by atoms with E-state index >= 15 is 0 Å². The maximum Gasteiger partial charge on any atom is 0.0593 e. The smallest absolute Gasteiger partial charge is 0.0593 e. The Morgan fingerprint density at radius 2 is 1.48 bits per heavy atom. The molecule has 0 aliphatic heterocycles. The van der Waals surface area contributed by atoms with E-state index in [1.807, 2.05) is 0 Å². The molecule has 0 heterocycles. The molecule has 1 N–H and O–H groups in total. The predicted molar refractivity (Wildman–Crippen MR) is 88.9 cm³/mol. The van der Waals surface area contributed by atoms with Crippen LogP contribution in [0.3, 0.4) is 0 Å². The van der Waals surface area contributed by atoms with Crippen molar-refractivity contribution in [2.75, 3.05) is 46.1 Å². The van der Waals surface area contributed by atoms with Gasteiger partial charge >= 0.3 is 0 Å². The molecule has 1 fully saturated rings. The first-order chi connectivity index (χ1) is 10.3. The molecule has 0 amide bonds. The van der Waals surface area contributed by atoms with Crippen LogP contribution < -0.4 is 5.32 Å². The monoisotopic (exact) mass is 300 g/mol.